The van der Waals surface area contributed by atoms with Gasteiger partial charge in [-0.3, -0.25) is 14.4 Å². The van der Waals surface area contributed by atoms with Crippen molar-refractivity contribution in [3.05, 3.63) is 97.1 Å². The lowest BCUT2D eigenvalue weighted by atomic mass is 9.98. The van der Waals surface area contributed by atoms with Gasteiger partial charge < -0.3 is 20.1 Å². The predicted molar refractivity (Wildman–Crippen MR) is 149 cm³/mol. The summed E-state index contributed by atoms with van der Waals surface area (Å²) in [5.74, 6) is -1.50. The van der Waals surface area contributed by atoms with Crippen LogP contribution in [0.5, 0.6) is 0 Å². The number of hydrogen-bond acceptors (Lipinski definition) is 5. The molecule has 0 aliphatic carbocycles. The largest absolute Gasteiger partial charge is 0.456 e. The van der Waals surface area contributed by atoms with Crippen molar-refractivity contribution in [2.75, 3.05) is 19.7 Å². The second kappa shape index (κ2) is 17.7. The minimum Gasteiger partial charge on any atom is -0.456 e. The molecule has 0 bridgehead atoms. The van der Waals surface area contributed by atoms with Crippen LogP contribution in [0.2, 0.25) is 0 Å². The van der Waals surface area contributed by atoms with Gasteiger partial charge in [-0.1, -0.05) is 72.8 Å². The minimum atomic E-state index is -0.642. The van der Waals surface area contributed by atoms with Crippen molar-refractivity contribution in [2.45, 2.75) is 51.2 Å². The summed E-state index contributed by atoms with van der Waals surface area (Å²) in [4.78, 5) is 40.3. The summed E-state index contributed by atoms with van der Waals surface area (Å²) >= 11 is 0. The van der Waals surface area contributed by atoms with Gasteiger partial charge in [-0.15, -0.1) is 13.2 Å². The molecule has 0 aliphatic rings. The molecule has 204 valence electrons. The molecular weight excluding hydrogens is 480 g/mol. The Morgan fingerprint density at radius 2 is 1.66 bits per heavy atom. The van der Waals surface area contributed by atoms with E-state index in [-0.39, 0.29) is 43.9 Å². The SMILES string of the molecule is C=CCCCCC(=O)O[C@@H](CNC(=O)[C@H](CC=C)CC(=O)N(CCO)Cc1ccccc1)c1ccccc1. The Bertz CT molecular complexity index is 1010. The van der Waals surface area contributed by atoms with Crippen LogP contribution in [0, 0.1) is 5.92 Å². The van der Waals surface area contributed by atoms with E-state index in [1.165, 1.54) is 0 Å². The first-order chi connectivity index (χ1) is 18.5. The maximum atomic E-state index is 13.1. The minimum absolute atomic E-state index is 0.0240. The van der Waals surface area contributed by atoms with E-state index in [1.807, 2.05) is 66.7 Å². The van der Waals surface area contributed by atoms with Crippen LogP contribution in [0.15, 0.2) is 86.0 Å². The summed E-state index contributed by atoms with van der Waals surface area (Å²) in [7, 11) is 0. The van der Waals surface area contributed by atoms with E-state index >= 15 is 0 Å². The average molecular weight is 521 g/mol. The number of hydrogen-bond donors (Lipinski definition) is 2. The molecule has 0 radical (unpaired) electrons. The number of nitrogens with one attached hydrogen (secondary N) is 1. The number of esters is 1. The van der Waals surface area contributed by atoms with Crippen LogP contribution in [0.25, 0.3) is 0 Å². The van der Waals surface area contributed by atoms with Gasteiger partial charge in [0.2, 0.25) is 11.8 Å². The zero-order valence-corrected chi connectivity index (χ0v) is 22.1. The van der Waals surface area contributed by atoms with Crippen LogP contribution in [0.3, 0.4) is 0 Å². The van der Waals surface area contributed by atoms with E-state index < -0.39 is 12.0 Å². The normalized spacial score (nSPS) is 12.1. The van der Waals surface area contributed by atoms with Crippen LogP contribution >= 0.6 is 0 Å². The summed E-state index contributed by atoms with van der Waals surface area (Å²) in [6, 6.07) is 18.8. The van der Waals surface area contributed by atoms with Crippen LogP contribution in [0.4, 0.5) is 0 Å². The Morgan fingerprint density at radius 1 is 0.974 bits per heavy atom. The number of allylic oxidation sites excluding steroid dienone is 2. The highest BCUT2D eigenvalue weighted by Gasteiger charge is 2.26. The number of aliphatic hydroxyl groups is 1. The van der Waals surface area contributed by atoms with Crippen molar-refractivity contribution in [1.82, 2.24) is 10.2 Å². The molecule has 2 aromatic rings. The Kier molecular flexibility index (Phi) is 14.2. The molecule has 0 spiro atoms. The molecule has 2 amide bonds. The molecule has 0 saturated heterocycles. The molecule has 0 aromatic heterocycles. The van der Waals surface area contributed by atoms with Gasteiger partial charge in [-0.2, -0.15) is 0 Å². The predicted octanol–water partition coefficient (Wildman–Crippen LogP) is 4.74. The van der Waals surface area contributed by atoms with Crippen molar-refractivity contribution in [2.24, 2.45) is 5.92 Å². The van der Waals surface area contributed by atoms with Crippen LogP contribution in [-0.2, 0) is 25.7 Å². The number of aliphatic hydroxyl groups excluding tert-OH is 1. The Hall–Kier alpha value is -3.71. The molecule has 0 saturated carbocycles. The molecule has 2 N–H and O–H groups in total. The molecule has 2 atom stereocenters. The summed E-state index contributed by atoms with van der Waals surface area (Å²) in [5.41, 5.74) is 1.72. The van der Waals surface area contributed by atoms with Gasteiger partial charge in [0.25, 0.3) is 0 Å². The Labute approximate surface area is 226 Å². The summed E-state index contributed by atoms with van der Waals surface area (Å²) in [5, 5.41) is 12.4. The number of rotatable bonds is 18. The molecule has 7 nitrogen and oxygen atoms in total. The van der Waals surface area contributed by atoms with E-state index in [9.17, 15) is 19.5 Å². The van der Waals surface area contributed by atoms with Gasteiger partial charge in [0.1, 0.15) is 6.10 Å². The number of carbonyl (C=O) groups excluding carboxylic acids is 3. The fourth-order valence-electron chi connectivity index (χ4n) is 4.05. The second-order valence-corrected chi connectivity index (χ2v) is 9.12. The number of carbonyl (C=O) groups is 3. The lowest BCUT2D eigenvalue weighted by Crippen LogP contribution is -2.39. The molecule has 38 heavy (non-hydrogen) atoms. The number of amides is 2. The first-order valence-corrected chi connectivity index (χ1v) is 13.1. The molecular formula is C31H40N2O5. The highest BCUT2D eigenvalue weighted by atomic mass is 16.5. The van der Waals surface area contributed by atoms with Crippen molar-refractivity contribution >= 4 is 17.8 Å². The van der Waals surface area contributed by atoms with Gasteiger partial charge in [-0.25, -0.2) is 0 Å². The first kappa shape index (κ1) is 30.5. The summed E-state index contributed by atoms with van der Waals surface area (Å²) in [6.45, 7) is 7.88. The van der Waals surface area contributed by atoms with Crippen LogP contribution < -0.4 is 5.32 Å². The summed E-state index contributed by atoms with van der Waals surface area (Å²) in [6.07, 6.45) is 5.79. The van der Waals surface area contributed by atoms with Gasteiger partial charge in [0, 0.05) is 25.9 Å². The number of nitrogens with zero attached hydrogens (tertiary/aromatic N) is 1. The van der Waals surface area contributed by atoms with Gasteiger partial charge in [0.05, 0.1) is 19.1 Å². The average Bonchev–Trinajstić information content (AvgIpc) is 2.93. The highest BCUT2D eigenvalue weighted by Crippen LogP contribution is 2.20. The van der Waals surface area contributed by atoms with E-state index in [1.54, 1.807) is 11.0 Å². The molecule has 0 heterocycles. The van der Waals surface area contributed by atoms with E-state index in [2.05, 4.69) is 18.5 Å². The molecule has 0 aliphatic heterocycles. The highest BCUT2D eigenvalue weighted by molar-refractivity contribution is 5.86. The second-order valence-electron chi connectivity index (χ2n) is 9.12. The molecule has 0 fully saturated rings. The maximum Gasteiger partial charge on any atom is 0.306 e. The van der Waals surface area contributed by atoms with E-state index in [0.717, 1.165) is 24.0 Å². The van der Waals surface area contributed by atoms with Crippen molar-refractivity contribution < 1.29 is 24.2 Å². The zero-order valence-electron chi connectivity index (χ0n) is 22.1. The van der Waals surface area contributed by atoms with Crippen molar-refractivity contribution in [3.8, 4) is 0 Å². The van der Waals surface area contributed by atoms with Crippen LogP contribution in [0.1, 0.15) is 55.8 Å². The molecule has 2 aromatic carbocycles. The number of unbranched alkanes of at least 4 members (excludes halogenated alkanes) is 2. The molecule has 2 rings (SSSR count). The quantitative estimate of drug-likeness (QED) is 0.168. The van der Waals surface area contributed by atoms with Gasteiger partial charge >= 0.3 is 5.97 Å². The fourth-order valence-corrected chi connectivity index (χ4v) is 4.05. The fraction of sp³-hybridized carbons (Fsp3) is 0.387. The first-order valence-electron chi connectivity index (χ1n) is 13.1. The topological polar surface area (TPSA) is 95.9 Å². The maximum absolute atomic E-state index is 13.1. The zero-order chi connectivity index (χ0) is 27.6. The third-order valence-electron chi connectivity index (χ3n) is 6.13. The van der Waals surface area contributed by atoms with E-state index in [0.29, 0.717) is 25.8 Å². The smallest absolute Gasteiger partial charge is 0.306 e. The van der Waals surface area contributed by atoms with Gasteiger partial charge in [0.15, 0.2) is 0 Å². The lowest BCUT2D eigenvalue weighted by Gasteiger charge is -2.25. The Balaban J connectivity index is 2.03. The third-order valence-corrected chi connectivity index (χ3v) is 6.13. The lowest BCUT2D eigenvalue weighted by molar-refractivity contribution is -0.150. The van der Waals surface area contributed by atoms with Crippen molar-refractivity contribution in [3.63, 3.8) is 0 Å². The van der Waals surface area contributed by atoms with E-state index in [4.69, 9.17) is 4.74 Å². The van der Waals surface area contributed by atoms with Gasteiger partial charge in [-0.05, 0) is 36.8 Å². The monoisotopic (exact) mass is 520 g/mol. The number of benzene rings is 2. The third kappa shape index (κ3) is 11.1. The molecule has 0 unspecified atom stereocenters. The standard InChI is InChI=1S/C31H40N2O5/c1-3-5-6-13-19-30(36)38-28(26-17-11-8-12-18-26)23-32-31(37)27(14-4-2)22-29(35)33(20-21-34)24-25-15-9-7-10-16-25/h3-4,7-12,15-18,27-28,34H,1-2,5-6,13-14,19-24H2,(H,32,37)/t27-,28+/m1/s1. The Morgan fingerprint density at radius 3 is 2.29 bits per heavy atom. The summed E-state index contributed by atoms with van der Waals surface area (Å²) < 4.78 is 5.72. The van der Waals surface area contributed by atoms with Crippen molar-refractivity contribution in [1.29, 1.82) is 0 Å². The number of ether oxygens (including phenoxy) is 1. The van der Waals surface area contributed by atoms with Crippen LogP contribution in [-0.4, -0.2) is 47.5 Å². The molecule has 7 heteroatoms.